The molecule has 4 fully saturated rings. The van der Waals surface area contributed by atoms with Gasteiger partial charge in [-0.1, -0.05) is 34.6 Å². The van der Waals surface area contributed by atoms with Gasteiger partial charge in [0.05, 0.1) is 0 Å². The third-order valence-corrected chi connectivity index (χ3v) is 8.08. The molecule has 0 radical (unpaired) electrons. The summed E-state index contributed by atoms with van der Waals surface area (Å²) in [5.41, 5.74) is 0.663. The normalized spacial score (nSPS) is 27.3. The molecule has 3 aliphatic heterocycles. The first kappa shape index (κ1) is 22.1. The molecule has 0 bridgehead atoms. The van der Waals surface area contributed by atoms with Crippen LogP contribution in [-0.4, -0.2) is 72.0 Å². The van der Waals surface area contributed by atoms with Gasteiger partial charge in [0.1, 0.15) is 0 Å². The van der Waals surface area contributed by atoms with E-state index < -0.39 is 0 Å². The first-order valence-electron chi connectivity index (χ1n) is 12.3. The molecule has 4 aliphatic rings. The number of piperidine rings is 2. The first-order valence-corrected chi connectivity index (χ1v) is 12.3. The Hall–Kier alpha value is -0.610. The summed E-state index contributed by atoms with van der Waals surface area (Å²) in [5, 5.41) is 0. The van der Waals surface area contributed by atoms with Crippen LogP contribution in [0.3, 0.4) is 0 Å². The van der Waals surface area contributed by atoms with Gasteiger partial charge in [0.2, 0.25) is 5.91 Å². The summed E-state index contributed by atoms with van der Waals surface area (Å²) in [6, 6.07) is 1.62. The average Bonchev–Trinajstić information content (AvgIpc) is 2.67. The second-order valence-electron chi connectivity index (χ2n) is 10.0. The van der Waals surface area contributed by atoms with E-state index in [2.05, 4.69) is 28.5 Å². The summed E-state index contributed by atoms with van der Waals surface area (Å²) < 4.78 is 0. The van der Waals surface area contributed by atoms with Gasteiger partial charge >= 0.3 is 0 Å². The minimum absolute atomic E-state index is 0.339. The minimum Gasteiger partial charge on any atom is -0.343 e. The molecule has 1 aliphatic carbocycles. The maximum Gasteiger partial charge on any atom is 0.222 e. The number of rotatable bonds is 4. The molecular formula is C24H45N3O. The molecule has 28 heavy (non-hydrogen) atoms. The Morgan fingerprint density at radius 2 is 1.46 bits per heavy atom. The summed E-state index contributed by atoms with van der Waals surface area (Å²) >= 11 is 0. The molecule has 4 rings (SSSR count). The second kappa shape index (κ2) is 9.47. The van der Waals surface area contributed by atoms with Crippen LogP contribution in [0.1, 0.15) is 79.6 Å². The monoisotopic (exact) mass is 391 g/mol. The van der Waals surface area contributed by atoms with Crippen molar-refractivity contribution in [3.63, 3.8) is 0 Å². The Balaban J connectivity index is 0.00000109. The van der Waals surface area contributed by atoms with E-state index in [4.69, 9.17) is 0 Å². The van der Waals surface area contributed by atoms with Crippen molar-refractivity contribution in [3.05, 3.63) is 0 Å². The maximum atomic E-state index is 11.8. The number of likely N-dealkylation sites (tertiary alicyclic amines) is 3. The number of carbonyl (C=O) groups excluding carboxylic acids is 1. The highest BCUT2D eigenvalue weighted by molar-refractivity contribution is 5.75. The van der Waals surface area contributed by atoms with Gasteiger partial charge in [-0.2, -0.15) is 0 Å². The number of hydrogen-bond donors (Lipinski definition) is 0. The van der Waals surface area contributed by atoms with Crippen LogP contribution in [0, 0.1) is 17.3 Å². The van der Waals surface area contributed by atoms with Crippen LogP contribution in [0.4, 0.5) is 0 Å². The minimum atomic E-state index is 0.339. The van der Waals surface area contributed by atoms with E-state index in [9.17, 15) is 4.79 Å². The predicted octanol–water partition coefficient (Wildman–Crippen LogP) is 4.25. The lowest BCUT2D eigenvalue weighted by atomic mass is 9.59. The Bertz CT molecular complexity index is 490. The third kappa shape index (κ3) is 4.59. The molecule has 0 N–H and O–H groups in total. The number of nitrogens with zero attached hydrogens (tertiary/aromatic N) is 3. The van der Waals surface area contributed by atoms with E-state index in [-0.39, 0.29) is 0 Å². The molecule has 0 unspecified atom stereocenters. The van der Waals surface area contributed by atoms with Crippen LogP contribution >= 0.6 is 0 Å². The Labute approximate surface area is 174 Å². The van der Waals surface area contributed by atoms with E-state index in [0.717, 1.165) is 37.0 Å². The number of amides is 1. The van der Waals surface area contributed by atoms with Crippen LogP contribution in [-0.2, 0) is 4.79 Å². The van der Waals surface area contributed by atoms with Gasteiger partial charge in [0, 0.05) is 44.7 Å². The van der Waals surface area contributed by atoms with Gasteiger partial charge in [-0.15, -0.1) is 0 Å². The molecule has 1 amide bonds. The molecule has 0 aromatic carbocycles. The number of carbonyl (C=O) groups is 1. The summed E-state index contributed by atoms with van der Waals surface area (Å²) in [7, 11) is 0. The van der Waals surface area contributed by atoms with E-state index in [1.165, 1.54) is 64.7 Å². The zero-order chi connectivity index (χ0) is 20.3. The van der Waals surface area contributed by atoms with E-state index in [1.807, 2.05) is 20.8 Å². The zero-order valence-electron chi connectivity index (χ0n) is 19.3. The topological polar surface area (TPSA) is 26.8 Å². The van der Waals surface area contributed by atoms with Gasteiger partial charge in [0.15, 0.2) is 0 Å². The maximum absolute atomic E-state index is 11.8. The van der Waals surface area contributed by atoms with Gasteiger partial charge in [-0.05, 0) is 68.9 Å². The van der Waals surface area contributed by atoms with E-state index in [0.29, 0.717) is 17.7 Å². The van der Waals surface area contributed by atoms with Crippen molar-refractivity contribution in [1.29, 1.82) is 0 Å². The van der Waals surface area contributed by atoms with Gasteiger partial charge in [-0.25, -0.2) is 0 Å². The van der Waals surface area contributed by atoms with E-state index in [1.54, 1.807) is 0 Å². The average molecular weight is 392 g/mol. The van der Waals surface area contributed by atoms with Gasteiger partial charge in [-0.3, -0.25) is 9.69 Å². The quantitative estimate of drug-likeness (QED) is 0.717. The Kier molecular flexibility index (Phi) is 7.47. The van der Waals surface area contributed by atoms with Gasteiger partial charge < -0.3 is 9.80 Å². The summed E-state index contributed by atoms with van der Waals surface area (Å²) in [6.07, 6.45) is 8.77. The van der Waals surface area contributed by atoms with Crippen molar-refractivity contribution in [2.24, 2.45) is 17.3 Å². The molecule has 1 saturated carbocycles. The van der Waals surface area contributed by atoms with Crippen molar-refractivity contribution >= 4 is 5.91 Å². The molecular weight excluding hydrogens is 346 g/mol. The SMILES string of the molecule is CC.CCC(=O)N1CCC(N2CC3(CC(N4CCC(C(C)C)CC4)C3)C2)CC1. The van der Waals surface area contributed by atoms with Crippen LogP contribution < -0.4 is 0 Å². The fourth-order valence-electron chi connectivity index (χ4n) is 6.19. The lowest BCUT2D eigenvalue weighted by molar-refractivity contribution is -0.142. The Morgan fingerprint density at radius 1 is 0.893 bits per heavy atom. The standard InChI is InChI=1S/C22H39N3O.C2H6/c1-4-21(26)24-11-7-19(8-12-24)25-15-22(16-25)13-20(14-22)23-9-5-18(6-10-23)17(2)3;1-2/h17-20H,4-16H2,1-3H3;1-2H3. The zero-order valence-corrected chi connectivity index (χ0v) is 19.3. The van der Waals surface area contributed by atoms with Crippen LogP contribution in [0.15, 0.2) is 0 Å². The smallest absolute Gasteiger partial charge is 0.222 e. The molecule has 3 heterocycles. The van der Waals surface area contributed by atoms with Crippen molar-refractivity contribution in [1.82, 2.24) is 14.7 Å². The molecule has 0 aromatic heterocycles. The van der Waals surface area contributed by atoms with Crippen molar-refractivity contribution in [2.75, 3.05) is 39.3 Å². The van der Waals surface area contributed by atoms with Crippen molar-refractivity contribution < 1.29 is 4.79 Å². The molecule has 4 heteroatoms. The van der Waals surface area contributed by atoms with Crippen LogP contribution in [0.25, 0.3) is 0 Å². The molecule has 3 saturated heterocycles. The lowest BCUT2D eigenvalue weighted by Crippen LogP contribution is -2.69. The predicted molar refractivity (Wildman–Crippen MR) is 117 cm³/mol. The Morgan fingerprint density at radius 3 is 1.96 bits per heavy atom. The summed E-state index contributed by atoms with van der Waals surface area (Å²) in [6.45, 7) is 18.1. The van der Waals surface area contributed by atoms with Gasteiger partial charge in [0.25, 0.3) is 0 Å². The fourth-order valence-corrected chi connectivity index (χ4v) is 6.19. The highest BCUT2D eigenvalue weighted by atomic mass is 16.2. The van der Waals surface area contributed by atoms with Crippen molar-refractivity contribution in [3.8, 4) is 0 Å². The largest absolute Gasteiger partial charge is 0.343 e. The molecule has 0 aromatic rings. The molecule has 4 nitrogen and oxygen atoms in total. The van der Waals surface area contributed by atoms with Crippen LogP contribution in [0.5, 0.6) is 0 Å². The molecule has 1 spiro atoms. The fraction of sp³-hybridized carbons (Fsp3) is 0.958. The number of hydrogen-bond acceptors (Lipinski definition) is 3. The molecule has 162 valence electrons. The van der Waals surface area contributed by atoms with Crippen molar-refractivity contribution in [2.45, 2.75) is 91.6 Å². The summed E-state index contributed by atoms with van der Waals surface area (Å²) in [4.78, 5) is 19.5. The van der Waals surface area contributed by atoms with E-state index >= 15 is 0 Å². The first-order chi connectivity index (χ1) is 13.5. The third-order valence-electron chi connectivity index (χ3n) is 8.08. The highest BCUT2D eigenvalue weighted by Gasteiger charge is 2.55. The summed E-state index contributed by atoms with van der Waals surface area (Å²) in [5.74, 6) is 2.17. The van der Waals surface area contributed by atoms with Crippen LogP contribution in [0.2, 0.25) is 0 Å². The molecule has 0 atom stereocenters. The lowest BCUT2D eigenvalue weighted by Gasteiger charge is -2.63. The second-order valence-corrected chi connectivity index (χ2v) is 10.0. The highest BCUT2D eigenvalue weighted by Crippen LogP contribution is 2.52.